The topological polar surface area (TPSA) is 76.2 Å². The van der Waals surface area contributed by atoms with Crippen LogP contribution in [0.2, 0.25) is 0 Å². The van der Waals surface area contributed by atoms with Crippen molar-refractivity contribution in [2.24, 2.45) is 0 Å². The third kappa shape index (κ3) is 5.83. The summed E-state index contributed by atoms with van der Waals surface area (Å²) in [6.45, 7) is 6.37. The third-order valence-corrected chi connectivity index (χ3v) is 8.37. The van der Waals surface area contributed by atoms with Crippen LogP contribution < -0.4 is 19.8 Å². The number of para-hydroxylation sites is 1. The molecule has 1 N–H and O–H groups in total. The van der Waals surface area contributed by atoms with E-state index in [1.807, 2.05) is 79.6 Å². The molecular formula is C35H35FN4O4. The second kappa shape index (κ2) is 12.0. The van der Waals surface area contributed by atoms with E-state index in [0.717, 1.165) is 42.7 Å². The van der Waals surface area contributed by atoms with Gasteiger partial charge >= 0.3 is 0 Å². The van der Waals surface area contributed by atoms with Gasteiger partial charge < -0.3 is 19.5 Å². The summed E-state index contributed by atoms with van der Waals surface area (Å²) in [5, 5.41) is 7.27. The summed E-state index contributed by atoms with van der Waals surface area (Å²) in [7, 11) is 3.76. The number of nitrogens with zero attached hydrogens (tertiary/aromatic N) is 3. The molecule has 3 aromatic carbocycles. The molecule has 1 amide bonds. The van der Waals surface area contributed by atoms with Gasteiger partial charge in [0.25, 0.3) is 5.91 Å². The van der Waals surface area contributed by atoms with Crippen molar-refractivity contribution < 1.29 is 23.4 Å². The zero-order valence-corrected chi connectivity index (χ0v) is 25.0. The number of carbonyl (C=O) groups excluding carboxylic acids is 1. The van der Waals surface area contributed by atoms with E-state index in [1.165, 1.54) is 18.2 Å². The monoisotopic (exact) mass is 594 g/mol. The van der Waals surface area contributed by atoms with E-state index in [1.54, 1.807) is 18.3 Å². The fourth-order valence-corrected chi connectivity index (χ4v) is 5.51. The van der Waals surface area contributed by atoms with Gasteiger partial charge in [0.2, 0.25) is 0 Å². The van der Waals surface area contributed by atoms with Crippen molar-refractivity contribution in [1.29, 1.82) is 0 Å². The van der Waals surface area contributed by atoms with Gasteiger partial charge in [-0.2, -0.15) is 0 Å². The fourth-order valence-electron chi connectivity index (χ4n) is 5.51. The van der Waals surface area contributed by atoms with Crippen molar-refractivity contribution in [3.05, 3.63) is 109 Å². The van der Waals surface area contributed by atoms with E-state index >= 15 is 4.39 Å². The minimum absolute atomic E-state index is 0.0227. The van der Waals surface area contributed by atoms with Crippen molar-refractivity contribution in [2.75, 3.05) is 31.0 Å². The third-order valence-electron chi connectivity index (χ3n) is 8.37. The largest absolute Gasteiger partial charge is 0.487 e. The van der Waals surface area contributed by atoms with Gasteiger partial charge in [-0.05, 0) is 62.2 Å². The number of benzene rings is 3. The Hall–Kier alpha value is -4.89. The number of halogens is 1. The number of hydrogen-bond acceptors (Lipinski definition) is 7. The first kappa shape index (κ1) is 29.2. The van der Waals surface area contributed by atoms with Crippen LogP contribution in [-0.4, -0.2) is 48.3 Å². The lowest BCUT2D eigenvalue weighted by molar-refractivity contribution is -0.112. The predicted molar refractivity (Wildman–Crippen MR) is 169 cm³/mol. The molecule has 1 saturated heterocycles. The zero-order chi connectivity index (χ0) is 30.8. The van der Waals surface area contributed by atoms with Gasteiger partial charge in [-0.15, -0.1) is 0 Å². The minimum atomic E-state index is -0.620. The molecule has 1 unspecified atom stereocenters. The Kier molecular flexibility index (Phi) is 7.97. The standard InChI is InChI=1S/C35H35FN4O4/c1-5-27(23(2)39(3)40(4)25-9-7-6-8-10-25)34(41)38-24-11-14-32(29(36)21-24)44-31-15-19-37-30-22-26(12-13-28(30)31)43-33-16-20-42-35(33)17-18-35/h5-15,19,21-22,33H,1,16-18,20H2,2-4H3,(H,38,41)/b27-23+. The maximum atomic E-state index is 15.2. The lowest BCUT2D eigenvalue weighted by atomic mass is 10.1. The van der Waals surface area contributed by atoms with E-state index < -0.39 is 11.7 Å². The molecule has 2 aliphatic rings. The Labute approximate surface area is 256 Å². The minimum Gasteiger partial charge on any atom is -0.487 e. The SMILES string of the molecule is C=C/C(C(=O)Nc1ccc(Oc2ccnc3cc(OC4CCOC45CC5)ccc23)c(F)c1)=C(/C)N(C)N(C)c1ccccc1. The number of fused-ring (bicyclic) bond motifs is 1. The summed E-state index contributed by atoms with van der Waals surface area (Å²) in [6, 6.07) is 21.4. The molecule has 226 valence electrons. The average molecular weight is 595 g/mol. The Morgan fingerprint density at radius 1 is 1.09 bits per heavy atom. The number of allylic oxidation sites excluding steroid dienone is 1. The molecule has 9 heteroatoms. The van der Waals surface area contributed by atoms with Gasteiger partial charge in [-0.25, -0.2) is 4.39 Å². The van der Waals surface area contributed by atoms with E-state index in [0.29, 0.717) is 22.5 Å². The molecule has 0 radical (unpaired) electrons. The number of hydrogen-bond donors (Lipinski definition) is 1. The Bertz CT molecular complexity index is 1740. The maximum absolute atomic E-state index is 15.2. The maximum Gasteiger partial charge on any atom is 0.257 e. The number of nitrogens with one attached hydrogen (secondary N) is 1. The average Bonchev–Trinajstić information content (AvgIpc) is 3.72. The number of anilines is 2. The molecule has 44 heavy (non-hydrogen) atoms. The van der Waals surface area contributed by atoms with Gasteiger partial charge in [-0.1, -0.05) is 30.9 Å². The summed E-state index contributed by atoms with van der Waals surface area (Å²) in [5.74, 6) is 0.170. The van der Waals surface area contributed by atoms with Crippen LogP contribution in [0.4, 0.5) is 15.8 Å². The molecule has 2 heterocycles. The van der Waals surface area contributed by atoms with Gasteiger partial charge in [0, 0.05) is 55.6 Å². The Morgan fingerprint density at radius 3 is 2.61 bits per heavy atom. The first-order valence-corrected chi connectivity index (χ1v) is 14.6. The van der Waals surface area contributed by atoms with Crippen molar-refractivity contribution in [1.82, 2.24) is 9.99 Å². The summed E-state index contributed by atoms with van der Waals surface area (Å²) >= 11 is 0. The molecule has 4 aromatic rings. The predicted octanol–water partition coefficient (Wildman–Crippen LogP) is 7.25. The summed E-state index contributed by atoms with van der Waals surface area (Å²) in [6.07, 6.45) is 6.09. The number of pyridine rings is 1. The molecule has 1 saturated carbocycles. The lowest BCUT2D eigenvalue weighted by Crippen LogP contribution is -2.36. The van der Waals surface area contributed by atoms with Crippen molar-refractivity contribution in [2.45, 2.75) is 37.9 Å². The quantitative estimate of drug-likeness (QED) is 0.118. The molecule has 8 nitrogen and oxygen atoms in total. The molecule has 1 spiro atoms. The van der Waals surface area contributed by atoms with E-state index in [2.05, 4.69) is 16.9 Å². The van der Waals surface area contributed by atoms with Crippen LogP contribution in [0.15, 0.2) is 103 Å². The van der Waals surface area contributed by atoms with Crippen molar-refractivity contribution >= 4 is 28.2 Å². The van der Waals surface area contributed by atoms with Gasteiger partial charge in [0.05, 0.1) is 23.4 Å². The van der Waals surface area contributed by atoms with E-state index in [9.17, 15) is 4.79 Å². The van der Waals surface area contributed by atoms with Crippen LogP contribution in [0, 0.1) is 5.82 Å². The zero-order valence-electron chi connectivity index (χ0n) is 25.0. The highest BCUT2D eigenvalue weighted by atomic mass is 19.1. The van der Waals surface area contributed by atoms with Crippen LogP contribution >= 0.6 is 0 Å². The van der Waals surface area contributed by atoms with Crippen molar-refractivity contribution in [3.63, 3.8) is 0 Å². The summed E-state index contributed by atoms with van der Waals surface area (Å²) < 4.78 is 33.4. The second-order valence-electron chi connectivity index (χ2n) is 11.1. The lowest BCUT2D eigenvalue weighted by Gasteiger charge is -2.33. The molecule has 6 rings (SSSR count). The summed E-state index contributed by atoms with van der Waals surface area (Å²) in [5.41, 5.74) is 2.83. The Balaban J connectivity index is 1.15. The second-order valence-corrected chi connectivity index (χ2v) is 11.1. The highest BCUT2D eigenvalue weighted by Gasteiger charge is 2.55. The number of aromatic nitrogens is 1. The highest BCUT2D eigenvalue weighted by molar-refractivity contribution is 6.06. The van der Waals surface area contributed by atoms with Crippen LogP contribution in [-0.2, 0) is 9.53 Å². The molecule has 0 bridgehead atoms. The molecule has 1 atom stereocenters. The molecule has 1 aliphatic heterocycles. The number of ether oxygens (including phenoxy) is 3. The first-order valence-electron chi connectivity index (χ1n) is 14.6. The van der Waals surface area contributed by atoms with Gasteiger partial charge in [0.1, 0.15) is 23.2 Å². The molecular weight excluding hydrogens is 559 g/mol. The number of hydrazine groups is 1. The first-order chi connectivity index (χ1) is 21.3. The Morgan fingerprint density at radius 2 is 1.89 bits per heavy atom. The van der Waals surface area contributed by atoms with Crippen LogP contribution in [0.3, 0.4) is 0 Å². The number of rotatable bonds is 10. The van der Waals surface area contributed by atoms with Crippen LogP contribution in [0.5, 0.6) is 17.2 Å². The van der Waals surface area contributed by atoms with Gasteiger partial charge in [0.15, 0.2) is 11.6 Å². The summed E-state index contributed by atoms with van der Waals surface area (Å²) in [4.78, 5) is 17.7. The molecule has 1 aromatic heterocycles. The smallest absolute Gasteiger partial charge is 0.257 e. The van der Waals surface area contributed by atoms with Crippen LogP contribution in [0.1, 0.15) is 26.2 Å². The fraction of sp³-hybridized carbons (Fsp3) is 0.257. The van der Waals surface area contributed by atoms with Gasteiger partial charge in [-0.3, -0.25) is 19.8 Å². The van der Waals surface area contributed by atoms with Crippen molar-refractivity contribution in [3.8, 4) is 17.2 Å². The molecule has 1 aliphatic carbocycles. The highest BCUT2D eigenvalue weighted by Crippen LogP contribution is 2.49. The normalized spacial score (nSPS) is 17.1. The number of amides is 1. The van der Waals surface area contributed by atoms with Crippen LogP contribution in [0.25, 0.3) is 10.9 Å². The molecule has 2 fully saturated rings. The van der Waals surface area contributed by atoms with E-state index in [4.69, 9.17) is 14.2 Å². The number of carbonyl (C=O) groups is 1. The van der Waals surface area contributed by atoms with E-state index in [-0.39, 0.29) is 23.1 Å².